The number of anilines is 1. The molecule has 0 aromatic carbocycles. The van der Waals surface area contributed by atoms with Crippen LogP contribution in [-0.4, -0.2) is 9.38 Å². The SMILES string of the molecule is CC(N)c1ncc2cc(N)ccn12. The fraction of sp³-hybridized carbons (Fsp3) is 0.222. The van der Waals surface area contributed by atoms with Gasteiger partial charge in [0.1, 0.15) is 5.82 Å². The van der Waals surface area contributed by atoms with Crippen molar-refractivity contribution in [1.82, 2.24) is 9.38 Å². The second kappa shape index (κ2) is 2.74. The van der Waals surface area contributed by atoms with Gasteiger partial charge in [0.25, 0.3) is 0 Å². The van der Waals surface area contributed by atoms with Crippen molar-refractivity contribution < 1.29 is 0 Å². The third kappa shape index (κ3) is 1.25. The average Bonchev–Trinajstić information content (AvgIpc) is 2.46. The first-order valence-electron chi connectivity index (χ1n) is 4.16. The van der Waals surface area contributed by atoms with E-state index in [4.69, 9.17) is 11.5 Å². The molecule has 13 heavy (non-hydrogen) atoms. The van der Waals surface area contributed by atoms with Gasteiger partial charge in [-0.15, -0.1) is 0 Å². The monoisotopic (exact) mass is 176 g/mol. The van der Waals surface area contributed by atoms with Gasteiger partial charge in [-0.25, -0.2) is 4.98 Å². The summed E-state index contributed by atoms with van der Waals surface area (Å²) in [4.78, 5) is 4.22. The molecule has 0 spiro atoms. The average molecular weight is 176 g/mol. The molecule has 0 aliphatic heterocycles. The van der Waals surface area contributed by atoms with Gasteiger partial charge < -0.3 is 15.9 Å². The summed E-state index contributed by atoms with van der Waals surface area (Å²) in [6, 6.07) is 3.64. The zero-order valence-electron chi connectivity index (χ0n) is 7.44. The summed E-state index contributed by atoms with van der Waals surface area (Å²) in [7, 11) is 0. The van der Waals surface area contributed by atoms with E-state index in [1.165, 1.54) is 0 Å². The van der Waals surface area contributed by atoms with E-state index in [-0.39, 0.29) is 6.04 Å². The molecule has 1 atom stereocenters. The Kier molecular flexibility index (Phi) is 1.70. The zero-order chi connectivity index (χ0) is 9.42. The van der Waals surface area contributed by atoms with E-state index in [2.05, 4.69) is 4.98 Å². The van der Waals surface area contributed by atoms with E-state index in [0.29, 0.717) is 0 Å². The second-order valence-electron chi connectivity index (χ2n) is 3.16. The Balaban J connectivity index is 2.69. The van der Waals surface area contributed by atoms with Gasteiger partial charge in [0, 0.05) is 11.9 Å². The van der Waals surface area contributed by atoms with Crippen LogP contribution in [0, 0.1) is 0 Å². The molecule has 0 bridgehead atoms. The van der Waals surface area contributed by atoms with Crippen LogP contribution in [0.25, 0.3) is 5.52 Å². The zero-order valence-corrected chi connectivity index (χ0v) is 7.44. The molecule has 4 heteroatoms. The van der Waals surface area contributed by atoms with Crippen molar-refractivity contribution in [3.63, 3.8) is 0 Å². The highest BCUT2D eigenvalue weighted by molar-refractivity contribution is 5.56. The molecule has 4 N–H and O–H groups in total. The highest BCUT2D eigenvalue weighted by atomic mass is 15.0. The number of hydrogen-bond donors (Lipinski definition) is 2. The Morgan fingerprint density at radius 1 is 1.54 bits per heavy atom. The molecule has 0 radical (unpaired) electrons. The molecule has 0 saturated heterocycles. The van der Waals surface area contributed by atoms with Crippen LogP contribution < -0.4 is 11.5 Å². The lowest BCUT2D eigenvalue weighted by Crippen LogP contribution is -2.09. The topological polar surface area (TPSA) is 69.3 Å². The van der Waals surface area contributed by atoms with Crippen molar-refractivity contribution >= 4 is 11.2 Å². The summed E-state index contributed by atoms with van der Waals surface area (Å²) in [5, 5.41) is 0. The van der Waals surface area contributed by atoms with Crippen LogP contribution in [0.3, 0.4) is 0 Å². The third-order valence-corrected chi connectivity index (χ3v) is 1.99. The maximum atomic E-state index is 5.75. The first kappa shape index (κ1) is 8.07. The molecule has 0 aliphatic rings. The Bertz CT molecular complexity index is 430. The number of nitrogen functional groups attached to an aromatic ring is 1. The maximum Gasteiger partial charge on any atom is 0.129 e. The lowest BCUT2D eigenvalue weighted by molar-refractivity contribution is 0.736. The summed E-state index contributed by atoms with van der Waals surface area (Å²) in [6.07, 6.45) is 3.66. The molecular formula is C9H12N4. The standard InChI is InChI=1S/C9H12N4/c1-6(10)9-12-5-8-4-7(11)2-3-13(8)9/h2-6H,10-11H2,1H3. The first-order chi connectivity index (χ1) is 6.18. The summed E-state index contributed by atoms with van der Waals surface area (Å²) < 4.78 is 1.95. The van der Waals surface area contributed by atoms with Crippen molar-refractivity contribution in [1.29, 1.82) is 0 Å². The van der Waals surface area contributed by atoms with Crippen LogP contribution in [0.5, 0.6) is 0 Å². The fourth-order valence-corrected chi connectivity index (χ4v) is 1.37. The van der Waals surface area contributed by atoms with Crippen LogP contribution in [0.4, 0.5) is 5.69 Å². The molecular weight excluding hydrogens is 164 g/mol. The lowest BCUT2D eigenvalue weighted by Gasteiger charge is -2.04. The van der Waals surface area contributed by atoms with E-state index in [0.717, 1.165) is 17.0 Å². The van der Waals surface area contributed by atoms with E-state index in [1.807, 2.05) is 29.7 Å². The molecule has 0 aliphatic carbocycles. The van der Waals surface area contributed by atoms with Gasteiger partial charge in [-0.1, -0.05) is 0 Å². The fourth-order valence-electron chi connectivity index (χ4n) is 1.37. The van der Waals surface area contributed by atoms with Gasteiger partial charge in [-0.05, 0) is 19.1 Å². The molecule has 2 rings (SSSR count). The number of nitrogens with zero attached hydrogens (tertiary/aromatic N) is 2. The van der Waals surface area contributed by atoms with Crippen molar-refractivity contribution in [2.45, 2.75) is 13.0 Å². The van der Waals surface area contributed by atoms with E-state index >= 15 is 0 Å². The van der Waals surface area contributed by atoms with Gasteiger partial charge in [-0.2, -0.15) is 0 Å². The van der Waals surface area contributed by atoms with Crippen molar-refractivity contribution in [3.8, 4) is 0 Å². The van der Waals surface area contributed by atoms with Crippen LogP contribution in [0.2, 0.25) is 0 Å². The minimum absolute atomic E-state index is 0.0638. The largest absolute Gasteiger partial charge is 0.399 e. The van der Waals surface area contributed by atoms with Crippen LogP contribution >= 0.6 is 0 Å². The molecule has 0 saturated carbocycles. The van der Waals surface area contributed by atoms with E-state index < -0.39 is 0 Å². The van der Waals surface area contributed by atoms with Crippen LogP contribution in [0.15, 0.2) is 24.5 Å². The number of rotatable bonds is 1. The number of pyridine rings is 1. The molecule has 2 heterocycles. The molecule has 2 aromatic heterocycles. The lowest BCUT2D eigenvalue weighted by atomic mass is 10.3. The van der Waals surface area contributed by atoms with E-state index in [1.54, 1.807) is 6.20 Å². The van der Waals surface area contributed by atoms with Gasteiger partial charge >= 0.3 is 0 Å². The quantitative estimate of drug-likeness (QED) is 0.679. The van der Waals surface area contributed by atoms with Crippen molar-refractivity contribution in [2.75, 3.05) is 5.73 Å². The van der Waals surface area contributed by atoms with Gasteiger partial charge in [0.15, 0.2) is 0 Å². The summed E-state index contributed by atoms with van der Waals surface area (Å²) >= 11 is 0. The summed E-state index contributed by atoms with van der Waals surface area (Å²) in [6.45, 7) is 1.91. The van der Waals surface area contributed by atoms with E-state index in [9.17, 15) is 0 Å². The van der Waals surface area contributed by atoms with Gasteiger partial charge in [-0.3, -0.25) is 0 Å². The third-order valence-electron chi connectivity index (χ3n) is 1.99. The number of fused-ring (bicyclic) bond motifs is 1. The van der Waals surface area contributed by atoms with Gasteiger partial charge in [0.2, 0.25) is 0 Å². The highest BCUT2D eigenvalue weighted by Crippen LogP contribution is 2.14. The van der Waals surface area contributed by atoms with Crippen molar-refractivity contribution in [2.24, 2.45) is 5.73 Å². The highest BCUT2D eigenvalue weighted by Gasteiger charge is 2.06. The molecule has 4 nitrogen and oxygen atoms in total. The number of hydrogen-bond acceptors (Lipinski definition) is 3. The predicted molar refractivity (Wildman–Crippen MR) is 52.2 cm³/mol. The Hall–Kier alpha value is -1.55. The summed E-state index contributed by atoms with van der Waals surface area (Å²) in [5.74, 6) is 0.856. The number of imidazole rings is 1. The van der Waals surface area contributed by atoms with Crippen LogP contribution in [-0.2, 0) is 0 Å². The number of aromatic nitrogens is 2. The molecule has 0 amide bonds. The molecule has 1 unspecified atom stereocenters. The Morgan fingerprint density at radius 2 is 2.31 bits per heavy atom. The van der Waals surface area contributed by atoms with Gasteiger partial charge in [0.05, 0.1) is 17.8 Å². The first-order valence-corrected chi connectivity index (χ1v) is 4.16. The summed E-state index contributed by atoms with van der Waals surface area (Å²) in [5.41, 5.74) is 13.1. The normalized spacial score (nSPS) is 13.4. The predicted octanol–water partition coefficient (Wildman–Crippen LogP) is 0.936. The molecule has 2 aromatic rings. The Labute approximate surface area is 76.2 Å². The van der Waals surface area contributed by atoms with Crippen molar-refractivity contribution in [3.05, 3.63) is 30.4 Å². The molecule has 68 valence electrons. The minimum Gasteiger partial charge on any atom is -0.399 e. The van der Waals surface area contributed by atoms with Crippen LogP contribution in [0.1, 0.15) is 18.8 Å². The number of nitrogens with two attached hydrogens (primary N) is 2. The maximum absolute atomic E-state index is 5.75. The minimum atomic E-state index is -0.0638. The second-order valence-corrected chi connectivity index (χ2v) is 3.16. The smallest absolute Gasteiger partial charge is 0.129 e. The molecule has 0 fully saturated rings. The Morgan fingerprint density at radius 3 is 3.00 bits per heavy atom.